The molecule has 0 saturated carbocycles. The zero-order chi connectivity index (χ0) is 17.2. The van der Waals surface area contributed by atoms with E-state index in [-0.39, 0.29) is 0 Å². The van der Waals surface area contributed by atoms with Gasteiger partial charge in [-0.2, -0.15) is 0 Å². The monoisotopic (exact) mass is 343 g/mol. The summed E-state index contributed by atoms with van der Waals surface area (Å²) in [4.78, 5) is -0.915. The minimum absolute atomic E-state index is 0.410. The van der Waals surface area contributed by atoms with Crippen molar-refractivity contribution in [1.82, 2.24) is 4.72 Å². The second-order valence-corrected chi connectivity index (χ2v) is 6.85. The Bertz CT molecular complexity index is 805. The summed E-state index contributed by atoms with van der Waals surface area (Å²) in [6, 6.07) is 7.85. The van der Waals surface area contributed by atoms with Gasteiger partial charge in [-0.25, -0.2) is 26.3 Å². The second kappa shape index (κ2) is 6.72. The largest absolute Gasteiger partial charge is 0.244 e. The van der Waals surface area contributed by atoms with Crippen molar-refractivity contribution in [2.24, 2.45) is 0 Å². The highest BCUT2D eigenvalue weighted by Crippen LogP contribution is 2.24. The molecule has 0 aromatic heterocycles. The molecule has 23 heavy (non-hydrogen) atoms. The predicted octanol–water partition coefficient (Wildman–Crippen LogP) is 3.84. The Balaban J connectivity index is 2.36. The molecule has 7 heteroatoms. The number of nitrogens with one attached hydrogen (secondary N) is 1. The first-order chi connectivity index (χ1) is 10.8. The highest BCUT2D eigenvalue weighted by atomic mass is 32.2. The molecule has 0 aliphatic heterocycles. The van der Waals surface area contributed by atoms with Crippen molar-refractivity contribution in [3.05, 3.63) is 65.0 Å². The molecule has 3 nitrogen and oxygen atoms in total. The van der Waals surface area contributed by atoms with Crippen LogP contribution in [0.2, 0.25) is 0 Å². The maximum absolute atomic E-state index is 13.7. The molecule has 1 N–H and O–H groups in total. The Morgan fingerprint density at radius 1 is 1.00 bits per heavy atom. The van der Waals surface area contributed by atoms with E-state index in [2.05, 4.69) is 4.72 Å². The van der Waals surface area contributed by atoms with Crippen LogP contribution in [-0.4, -0.2) is 8.42 Å². The van der Waals surface area contributed by atoms with Gasteiger partial charge in [0.1, 0.15) is 4.90 Å². The molecule has 1 atom stereocenters. The van der Waals surface area contributed by atoms with Crippen molar-refractivity contribution in [2.45, 2.75) is 31.2 Å². The van der Waals surface area contributed by atoms with E-state index in [1.54, 1.807) is 19.1 Å². The van der Waals surface area contributed by atoms with E-state index in [1.165, 1.54) is 0 Å². The van der Waals surface area contributed by atoms with Gasteiger partial charge >= 0.3 is 0 Å². The molecule has 2 rings (SSSR count). The highest BCUT2D eigenvalue weighted by Gasteiger charge is 2.26. The maximum atomic E-state index is 13.7. The summed E-state index contributed by atoms with van der Waals surface area (Å²) in [5, 5.41) is 0. The number of sulfonamides is 1. The minimum Gasteiger partial charge on any atom is -0.207 e. The topological polar surface area (TPSA) is 46.2 Å². The van der Waals surface area contributed by atoms with Crippen molar-refractivity contribution >= 4 is 10.0 Å². The van der Waals surface area contributed by atoms with Crippen LogP contribution in [0.3, 0.4) is 0 Å². The summed E-state index contributed by atoms with van der Waals surface area (Å²) < 4.78 is 66.8. The van der Waals surface area contributed by atoms with E-state index in [0.717, 1.165) is 5.56 Å². The Labute approximate surface area is 133 Å². The van der Waals surface area contributed by atoms with Crippen LogP contribution in [0.15, 0.2) is 41.3 Å². The van der Waals surface area contributed by atoms with E-state index < -0.39 is 38.4 Å². The van der Waals surface area contributed by atoms with Crippen molar-refractivity contribution in [1.29, 1.82) is 0 Å². The molecule has 0 aliphatic carbocycles. The fraction of sp³-hybridized carbons (Fsp3) is 0.250. The Hall–Kier alpha value is -1.86. The zero-order valence-corrected chi connectivity index (χ0v) is 13.4. The molecule has 124 valence electrons. The molecule has 0 aliphatic rings. The van der Waals surface area contributed by atoms with Gasteiger partial charge in [0, 0.05) is 6.04 Å². The van der Waals surface area contributed by atoms with Crippen LogP contribution in [0.1, 0.15) is 30.5 Å². The molecule has 2 aromatic rings. The van der Waals surface area contributed by atoms with Gasteiger partial charge in [-0.05, 0) is 31.0 Å². The molecule has 0 radical (unpaired) electrons. The molecule has 0 unspecified atom stereocenters. The molecule has 0 spiro atoms. The number of hydrogen-bond acceptors (Lipinski definition) is 2. The van der Waals surface area contributed by atoms with Gasteiger partial charge in [-0.1, -0.05) is 36.8 Å². The molecular weight excluding hydrogens is 327 g/mol. The molecular formula is C16H16F3NO2S. The van der Waals surface area contributed by atoms with Gasteiger partial charge in [-0.3, -0.25) is 0 Å². The lowest BCUT2D eigenvalue weighted by molar-refractivity contribution is 0.431. The first-order valence-corrected chi connectivity index (χ1v) is 8.47. The lowest BCUT2D eigenvalue weighted by Gasteiger charge is -2.18. The van der Waals surface area contributed by atoms with Gasteiger partial charge < -0.3 is 0 Å². The number of hydrogen-bond donors (Lipinski definition) is 1. The van der Waals surface area contributed by atoms with E-state index in [0.29, 0.717) is 24.1 Å². The zero-order valence-electron chi connectivity index (χ0n) is 12.6. The lowest BCUT2D eigenvalue weighted by Crippen LogP contribution is -2.29. The number of benzene rings is 2. The molecule has 0 heterocycles. The van der Waals surface area contributed by atoms with Crippen LogP contribution in [0, 0.1) is 24.4 Å². The maximum Gasteiger partial charge on any atom is 0.244 e. The van der Waals surface area contributed by atoms with E-state index in [4.69, 9.17) is 0 Å². The summed E-state index contributed by atoms with van der Waals surface area (Å²) in [5.74, 6) is -4.97. The Morgan fingerprint density at radius 3 is 2.17 bits per heavy atom. The van der Waals surface area contributed by atoms with Gasteiger partial charge in [0.05, 0.1) is 0 Å². The van der Waals surface area contributed by atoms with Crippen molar-refractivity contribution in [3.63, 3.8) is 0 Å². The molecule has 0 fully saturated rings. The van der Waals surface area contributed by atoms with Gasteiger partial charge in [-0.15, -0.1) is 0 Å². The number of rotatable bonds is 5. The normalized spacial score (nSPS) is 13.1. The highest BCUT2D eigenvalue weighted by molar-refractivity contribution is 7.89. The molecule has 0 amide bonds. The quantitative estimate of drug-likeness (QED) is 0.839. The summed E-state index contributed by atoms with van der Waals surface area (Å²) in [7, 11) is -4.33. The average molecular weight is 343 g/mol. The van der Waals surface area contributed by atoms with Gasteiger partial charge in [0.25, 0.3) is 0 Å². The molecule has 2 aromatic carbocycles. The fourth-order valence-electron chi connectivity index (χ4n) is 2.15. The van der Waals surface area contributed by atoms with Crippen LogP contribution in [0.25, 0.3) is 0 Å². The Morgan fingerprint density at radius 2 is 1.61 bits per heavy atom. The van der Waals surface area contributed by atoms with Gasteiger partial charge in [0.15, 0.2) is 17.5 Å². The summed E-state index contributed by atoms with van der Waals surface area (Å²) in [6.45, 7) is 3.65. The number of halogens is 3. The SMILES string of the molecule is CC[C@@H](NS(=O)(=O)c1ccc(F)c(F)c1F)c1ccc(C)cc1. The molecule has 0 saturated heterocycles. The van der Waals surface area contributed by atoms with Crippen molar-refractivity contribution < 1.29 is 21.6 Å². The summed E-state index contributed by atoms with van der Waals surface area (Å²) >= 11 is 0. The Kier molecular flexibility index (Phi) is 5.11. The van der Waals surface area contributed by atoms with Crippen LogP contribution >= 0.6 is 0 Å². The van der Waals surface area contributed by atoms with E-state index >= 15 is 0 Å². The summed E-state index contributed by atoms with van der Waals surface area (Å²) in [5.41, 5.74) is 1.71. The smallest absolute Gasteiger partial charge is 0.207 e. The third-order valence-corrected chi connectivity index (χ3v) is 4.96. The minimum atomic E-state index is -4.33. The molecule has 0 bridgehead atoms. The first kappa shape index (κ1) is 17.5. The third-order valence-electron chi connectivity index (χ3n) is 3.47. The van der Waals surface area contributed by atoms with E-state index in [9.17, 15) is 21.6 Å². The lowest BCUT2D eigenvalue weighted by atomic mass is 10.0. The number of aryl methyl sites for hydroxylation is 1. The average Bonchev–Trinajstić information content (AvgIpc) is 2.51. The van der Waals surface area contributed by atoms with Crippen molar-refractivity contribution in [3.8, 4) is 0 Å². The second-order valence-electron chi connectivity index (χ2n) is 5.17. The van der Waals surface area contributed by atoms with Crippen molar-refractivity contribution in [2.75, 3.05) is 0 Å². The van der Waals surface area contributed by atoms with Crippen LogP contribution < -0.4 is 4.72 Å². The van der Waals surface area contributed by atoms with E-state index in [1.807, 2.05) is 19.1 Å². The summed E-state index contributed by atoms with van der Waals surface area (Å²) in [6.07, 6.45) is 0.410. The van der Waals surface area contributed by atoms with Gasteiger partial charge in [0.2, 0.25) is 10.0 Å². The first-order valence-electron chi connectivity index (χ1n) is 6.98. The standard InChI is InChI=1S/C16H16F3NO2S/c1-3-13(11-6-4-10(2)5-7-11)20-23(21,22)14-9-8-12(17)15(18)16(14)19/h4-9,13,20H,3H2,1-2H3/t13-/m1/s1. The fourth-order valence-corrected chi connectivity index (χ4v) is 3.53. The predicted molar refractivity (Wildman–Crippen MR) is 80.8 cm³/mol. The third kappa shape index (κ3) is 3.73. The van der Waals surface area contributed by atoms with Crippen LogP contribution in [-0.2, 0) is 10.0 Å². The van der Waals surface area contributed by atoms with Crippen LogP contribution in [0.5, 0.6) is 0 Å². The van der Waals surface area contributed by atoms with Crippen LogP contribution in [0.4, 0.5) is 13.2 Å².